The first-order valence-corrected chi connectivity index (χ1v) is 5.48. The van der Waals surface area contributed by atoms with Crippen LogP contribution < -0.4 is 10.6 Å². The normalized spacial score (nSPS) is 15.4. The molecule has 4 N–H and O–H groups in total. The summed E-state index contributed by atoms with van der Waals surface area (Å²) < 4.78 is 0. The minimum Gasteiger partial charge on any atom is -0.392 e. The van der Waals surface area contributed by atoms with Crippen molar-refractivity contribution in [3.05, 3.63) is 0 Å². The molecular formula is C10H24N2O2. The summed E-state index contributed by atoms with van der Waals surface area (Å²) in [5.41, 5.74) is 0. The van der Waals surface area contributed by atoms with Gasteiger partial charge >= 0.3 is 0 Å². The van der Waals surface area contributed by atoms with Crippen LogP contribution in [0.15, 0.2) is 0 Å². The number of aliphatic hydroxyl groups excluding tert-OH is 2. The molecule has 0 aliphatic rings. The van der Waals surface area contributed by atoms with E-state index in [2.05, 4.69) is 10.6 Å². The van der Waals surface area contributed by atoms with Crippen LogP contribution in [0.1, 0.15) is 26.7 Å². The average Bonchev–Trinajstić information content (AvgIpc) is 2.22. The molecule has 14 heavy (non-hydrogen) atoms. The Balaban J connectivity index is 3.06. The molecule has 2 atom stereocenters. The molecule has 0 aromatic carbocycles. The fraction of sp³-hybridized carbons (Fsp3) is 1.00. The summed E-state index contributed by atoms with van der Waals surface area (Å²) in [6.07, 6.45) is 1.09. The maximum absolute atomic E-state index is 9.22. The predicted molar refractivity (Wildman–Crippen MR) is 58.3 cm³/mol. The van der Waals surface area contributed by atoms with Crippen molar-refractivity contribution in [3.8, 4) is 0 Å². The van der Waals surface area contributed by atoms with E-state index in [-0.39, 0.29) is 12.2 Å². The highest BCUT2D eigenvalue weighted by Crippen LogP contribution is 1.86. The van der Waals surface area contributed by atoms with Gasteiger partial charge in [0.2, 0.25) is 0 Å². The van der Waals surface area contributed by atoms with Crippen molar-refractivity contribution in [2.75, 3.05) is 26.2 Å². The zero-order valence-electron chi connectivity index (χ0n) is 9.29. The van der Waals surface area contributed by atoms with E-state index >= 15 is 0 Å². The third-order valence-corrected chi connectivity index (χ3v) is 2.18. The van der Waals surface area contributed by atoms with Gasteiger partial charge in [0.1, 0.15) is 0 Å². The van der Waals surface area contributed by atoms with Gasteiger partial charge in [0.25, 0.3) is 0 Å². The maximum atomic E-state index is 9.22. The molecular weight excluding hydrogens is 180 g/mol. The molecule has 0 fully saturated rings. The lowest BCUT2D eigenvalue weighted by atomic mass is 10.3. The lowest BCUT2D eigenvalue weighted by molar-refractivity contribution is 0.162. The van der Waals surface area contributed by atoms with E-state index < -0.39 is 0 Å². The van der Waals surface area contributed by atoms with Crippen LogP contribution in [0.3, 0.4) is 0 Å². The van der Waals surface area contributed by atoms with Crippen molar-refractivity contribution in [1.29, 1.82) is 0 Å². The molecule has 0 radical (unpaired) electrons. The van der Waals surface area contributed by atoms with Crippen LogP contribution in [0.5, 0.6) is 0 Å². The molecule has 0 amide bonds. The first-order valence-electron chi connectivity index (χ1n) is 5.48. The Morgan fingerprint density at radius 1 is 0.857 bits per heavy atom. The van der Waals surface area contributed by atoms with E-state index in [1.807, 2.05) is 13.8 Å². The second-order valence-corrected chi connectivity index (χ2v) is 3.53. The largest absolute Gasteiger partial charge is 0.392 e. The monoisotopic (exact) mass is 204 g/mol. The Morgan fingerprint density at radius 3 is 1.50 bits per heavy atom. The van der Waals surface area contributed by atoms with Gasteiger partial charge in [-0.1, -0.05) is 13.8 Å². The predicted octanol–water partition coefficient (Wildman–Crippen LogP) is -0.293. The summed E-state index contributed by atoms with van der Waals surface area (Å²) in [4.78, 5) is 0. The molecule has 0 unspecified atom stereocenters. The van der Waals surface area contributed by atoms with Crippen molar-refractivity contribution in [2.24, 2.45) is 0 Å². The van der Waals surface area contributed by atoms with Crippen LogP contribution in [-0.4, -0.2) is 48.6 Å². The number of rotatable bonds is 9. The van der Waals surface area contributed by atoms with Crippen molar-refractivity contribution in [1.82, 2.24) is 10.6 Å². The standard InChI is InChI=1S/C10H24N2O2/c1-3-9(13)7-11-5-6-12-8-10(14)4-2/h9-14H,3-8H2,1-2H3/t9-,10-/m0/s1. The Kier molecular flexibility index (Phi) is 9.29. The van der Waals surface area contributed by atoms with Crippen LogP contribution >= 0.6 is 0 Å². The first kappa shape index (κ1) is 13.8. The Morgan fingerprint density at radius 2 is 1.21 bits per heavy atom. The fourth-order valence-corrected chi connectivity index (χ4v) is 1.00. The molecule has 0 aromatic rings. The molecule has 0 aromatic heterocycles. The Labute approximate surface area is 86.7 Å². The maximum Gasteiger partial charge on any atom is 0.0662 e. The zero-order valence-corrected chi connectivity index (χ0v) is 9.29. The second-order valence-electron chi connectivity index (χ2n) is 3.53. The van der Waals surface area contributed by atoms with Gasteiger partial charge < -0.3 is 20.8 Å². The highest BCUT2D eigenvalue weighted by atomic mass is 16.3. The summed E-state index contributed by atoms with van der Waals surface area (Å²) >= 11 is 0. The van der Waals surface area contributed by atoms with E-state index in [0.717, 1.165) is 25.9 Å². The first-order chi connectivity index (χ1) is 6.70. The van der Waals surface area contributed by atoms with Crippen molar-refractivity contribution in [3.63, 3.8) is 0 Å². The molecule has 0 saturated heterocycles. The third-order valence-electron chi connectivity index (χ3n) is 2.18. The second kappa shape index (κ2) is 9.40. The summed E-state index contributed by atoms with van der Waals surface area (Å²) in [6.45, 7) is 6.87. The SMILES string of the molecule is CC[C@H](O)CNCCNC[C@@H](O)CC. The molecule has 4 nitrogen and oxygen atoms in total. The number of aliphatic hydroxyl groups is 2. The molecule has 0 aliphatic carbocycles. The van der Waals surface area contributed by atoms with E-state index in [1.165, 1.54) is 0 Å². The minimum atomic E-state index is -0.240. The highest BCUT2D eigenvalue weighted by molar-refractivity contribution is 4.60. The average molecular weight is 204 g/mol. The summed E-state index contributed by atoms with van der Waals surface area (Å²) in [5, 5.41) is 24.7. The van der Waals surface area contributed by atoms with Gasteiger partial charge in [-0.25, -0.2) is 0 Å². The summed E-state index contributed by atoms with van der Waals surface area (Å²) in [7, 11) is 0. The van der Waals surface area contributed by atoms with Crippen molar-refractivity contribution in [2.45, 2.75) is 38.9 Å². The van der Waals surface area contributed by atoms with Gasteiger partial charge in [-0.2, -0.15) is 0 Å². The molecule has 0 bridgehead atoms. The molecule has 0 rings (SSSR count). The molecule has 0 saturated carbocycles. The van der Waals surface area contributed by atoms with E-state index in [4.69, 9.17) is 0 Å². The number of hydrogen-bond acceptors (Lipinski definition) is 4. The molecule has 0 heterocycles. The minimum absolute atomic E-state index is 0.240. The Bertz CT molecular complexity index is 109. The van der Waals surface area contributed by atoms with Crippen LogP contribution in [0.2, 0.25) is 0 Å². The van der Waals surface area contributed by atoms with Gasteiger partial charge in [-0.15, -0.1) is 0 Å². The molecule has 0 aliphatic heterocycles. The van der Waals surface area contributed by atoms with Crippen LogP contribution in [-0.2, 0) is 0 Å². The zero-order chi connectivity index (χ0) is 10.8. The van der Waals surface area contributed by atoms with E-state index in [1.54, 1.807) is 0 Å². The topological polar surface area (TPSA) is 64.5 Å². The van der Waals surface area contributed by atoms with Crippen molar-refractivity contribution < 1.29 is 10.2 Å². The Hall–Kier alpha value is -0.160. The van der Waals surface area contributed by atoms with Gasteiger partial charge in [0, 0.05) is 26.2 Å². The number of hydrogen-bond donors (Lipinski definition) is 4. The van der Waals surface area contributed by atoms with Gasteiger partial charge in [0.15, 0.2) is 0 Å². The van der Waals surface area contributed by atoms with Gasteiger partial charge in [-0.3, -0.25) is 0 Å². The quantitative estimate of drug-likeness (QED) is 0.390. The van der Waals surface area contributed by atoms with E-state index in [0.29, 0.717) is 13.1 Å². The van der Waals surface area contributed by atoms with Crippen molar-refractivity contribution >= 4 is 0 Å². The van der Waals surface area contributed by atoms with Gasteiger partial charge in [0.05, 0.1) is 12.2 Å². The lowest BCUT2D eigenvalue weighted by Crippen LogP contribution is -2.35. The molecule has 0 spiro atoms. The summed E-state index contributed by atoms with van der Waals surface area (Å²) in [5.74, 6) is 0. The lowest BCUT2D eigenvalue weighted by Gasteiger charge is -2.11. The number of nitrogens with one attached hydrogen (secondary N) is 2. The molecule has 4 heteroatoms. The summed E-state index contributed by atoms with van der Waals surface area (Å²) in [6, 6.07) is 0. The van der Waals surface area contributed by atoms with Crippen LogP contribution in [0.4, 0.5) is 0 Å². The van der Waals surface area contributed by atoms with Crippen LogP contribution in [0, 0.1) is 0 Å². The van der Waals surface area contributed by atoms with Gasteiger partial charge in [-0.05, 0) is 12.8 Å². The smallest absolute Gasteiger partial charge is 0.0662 e. The van der Waals surface area contributed by atoms with E-state index in [9.17, 15) is 10.2 Å². The fourth-order valence-electron chi connectivity index (χ4n) is 1.00. The third kappa shape index (κ3) is 8.44. The highest BCUT2D eigenvalue weighted by Gasteiger charge is 2.00. The van der Waals surface area contributed by atoms with Crippen LogP contribution in [0.25, 0.3) is 0 Å². The molecule has 86 valence electrons.